The molecular formula is C18H20FN7O. The van der Waals surface area contributed by atoms with Gasteiger partial charge >= 0.3 is 6.03 Å². The zero-order valence-electron chi connectivity index (χ0n) is 15.1. The highest BCUT2D eigenvalue weighted by Crippen LogP contribution is 2.24. The molecule has 0 atom stereocenters. The quantitative estimate of drug-likeness (QED) is 0.767. The van der Waals surface area contributed by atoms with Gasteiger partial charge in [-0.1, -0.05) is 17.3 Å². The average molecular weight is 369 g/mol. The normalized spacial score (nSPS) is 13.3. The number of carbonyl (C=O) groups is 1. The van der Waals surface area contributed by atoms with Crippen LogP contribution in [0.4, 0.5) is 15.0 Å². The van der Waals surface area contributed by atoms with Crippen LogP contribution < -0.4 is 5.32 Å². The lowest BCUT2D eigenvalue weighted by Crippen LogP contribution is -2.31. The third-order valence-electron chi connectivity index (χ3n) is 4.54. The van der Waals surface area contributed by atoms with E-state index in [2.05, 4.69) is 20.7 Å². The summed E-state index contributed by atoms with van der Waals surface area (Å²) in [7, 11) is 0. The zero-order valence-corrected chi connectivity index (χ0v) is 15.1. The van der Waals surface area contributed by atoms with Gasteiger partial charge in [-0.05, 0) is 31.5 Å². The molecule has 140 valence electrons. The van der Waals surface area contributed by atoms with Gasteiger partial charge in [-0.15, -0.1) is 5.10 Å². The van der Waals surface area contributed by atoms with E-state index < -0.39 is 0 Å². The molecular weight excluding hydrogens is 349 g/mol. The summed E-state index contributed by atoms with van der Waals surface area (Å²) in [6, 6.07) is 6.29. The van der Waals surface area contributed by atoms with E-state index in [9.17, 15) is 9.18 Å². The van der Waals surface area contributed by atoms with Crippen LogP contribution in [0.25, 0.3) is 0 Å². The summed E-state index contributed by atoms with van der Waals surface area (Å²) >= 11 is 0. The molecule has 0 bridgehead atoms. The van der Waals surface area contributed by atoms with Gasteiger partial charge in [0.05, 0.1) is 37.7 Å². The van der Waals surface area contributed by atoms with Crippen molar-refractivity contribution in [2.24, 2.45) is 0 Å². The first-order valence-corrected chi connectivity index (χ1v) is 8.75. The number of benzene rings is 1. The number of fused-ring (bicyclic) bond motifs is 1. The van der Waals surface area contributed by atoms with Crippen LogP contribution in [0.1, 0.15) is 36.7 Å². The number of hydrogen-bond acceptors (Lipinski definition) is 4. The molecule has 0 saturated carbocycles. The number of anilines is 1. The predicted octanol–water partition coefficient (Wildman–Crippen LogP) is 2.79. The van der Waals surface area contributed by atoms with E-state index in [0.29, 0.717) is 25.5 Å². The van der Waals surface area contributed by atoms with Crippen LogP contribution in [0.2, 0.25) is 0 Å². The van der Waals surface area contributed by atoms with Crippen LogP contribution in [0, 0.1) is 5.82 Å². The molecule has 0 radical (unpaired) electrons. The third kappa shape index (κ3) is 3.53. The van der Waals surface area contributed by atoms with Crippen molar-refractivity contribution in [3.05, 3.63) is 59.3 Å². The van der Waals surface area contributed by atoms with Gasteiger partial charge in [-0.3, -0.25) is 10.00 Å². The first-order valence-electron chi connectivity index (χ1n) is 8.75. The van der Waals surface area contributed by atoms with E-state index in [1.54, 1.807) is 34.1 Å². The Hall–Kier alpha value is -3.23. The molecule has 27 heavy (non-hydrogen) atoms. The number of hydrogen-bond donors (Lipinski definition) is 1. The Kier molecular flexibility index (Phi) is 4.35. The maximum Gasteiger partial charge on any atom is 0.323 e. The van der Waals surface area contributed by atoms with E-state index in [1.807, 2.05) is 18.5 Å². The molecule has 2 aromatic heterocycles. The lowest BCUT2D eigenvalue weighted by Gasteiger charge is -2.16. The van der Waals surface area contributed by atoms with Crippen molar-refractivity contribution in [2.75, 3.05) is 5.32 Å². The zero-order chi connectivity index (χ0) is 19.0. The molecule has 0 fully saturated rings. The number of halogens is 1. The second kappa shape index (κ2) is 6.82. The number of nitrogens with zero attached hydrogens (tertiary/aromatic N) is 6. The Morgan fingerprint density at radius 3 is 2.74 bits per heavy atom. The Labute approximate surface area is 155 Å². The summed E-state index contributed by atoms with van der Waals surface area (Å²) in [5, 5.41) is 15.1. The second-order valence-electron chi connectivity index (χ2n) is 6.86. The van der Waals surface area contributed by atoms with E-state index in [-0.39, 0.29) is 17.9 Å². The smallest absolute Gasteiger partial charge is 0.314 e. The number of amides is 2. The molecule has 1 aliphatic heterocycles. The Morgan fingerprint density at radius 1 is 1.26 bits per heavy atom. The van der Waals surface area contributed by atoms with Crippen LogP contribution >= 0.6 is 0 Å². The largest absolute Gasteiger partial charge is 0.323 e. The molecule has 0 unspecified atom stereocenters. The SMILES string of the molecule is CC(C)n1cc(NC(=O)N2Cc3cnn(Cc4ccc(F)cc4)c3C2)nn1. The van der Waals surface area contributed by atoms with E-state index in [4.69, 9.17) is 0 Å². The minimum absolute atomic E-state index is 0.177. The van der Waals surface area contributed by atoms with Crippen LogP contribution in [0.5, 0.6) is 0 Å². The minimum atomic E-state index is -0.262. The molecule has 3 aromatic rings. The fraction of sp³-hybridized carbons (Fsp3) is 0.333. The average Bonchev–Trinajstić information content (AvgIpc) is 3.34. The fourth-order valence-corrected chi connectivity index (χ4v) is 3.02. The molecule has 0 saturated heterocycles. The Morgan fingerprint density at radius 2 is 2.04 bits per heavy atom. The van der Waals surface area contributed by atoms with Crippen molar-refractivity contribution in [3.8, 4) is 0 Å². The number of rotatable bonds is 4. The minimum Gasteiger partial charge on any atom is -0.314 e. The van der Waals surface area contributed by atoms with Crippen LogP contribution in [0.3, 0.4) is 0 Å². The van der Waals surface area contributed by atoms with Crippen molar-refractivity contribution >= 4 is 11.8 Å². The summed E-state index contributed by atoms with van der Waals surface area (Å²) in [6.45, 7) is 5.46. The molecule has 1 N–H and O–H groups in total. The maximum absolute atomic E-state index is 13.1. The predicted molar refractivity (Wildman–Crippen MR) is 96.4 cm³/mol. The second-order valence-corrected chi connectivity index (χ2v) is 6.86. The molecule has 0 aliphatic carbocycles. The topological polar surface area (TPSA) is 80.9 Å². The van der Waals surface area contributed by atoms with Crippen LogP contribution in [-0.4, -0.2) is 35.7 Å². The van der Waals surface area contributed by atoms with E-state index in [0.717, 1.165) is 16.8 Å². The van der Waals surface area contributed by atoms with Crippen molar-refractivity contribution < 1.29 is 9.18 Å². The van der Waals surface area contributed by atoms with Gasteiger partial charge < -0.3 is 4.90 Å². The number of urea groups is 1. The highest BCUT2D eigenvalue weighted by Gasteiger charge is 2.27. The Balaban J connectivity index is 1.42. The summed E-state index contributed by atoms with van der Waals surface area (Å²) in [5.74, 6) is 0.166. The van der Waals surface area contributed by atoms with Gasteiger partial charge in [-0.2, -0.15) is 5.10 Å². The van der Waals surface area contributed by atoms with Crippen LogP contribution in [-0.2, 0) is 19.6 Å². The van der Waals surface area contributed by atoms with Gasteiger partial charge in [0, 0.05) is 11.6 Å². The van der Waals surface area contributed by atoms with Crippen molar-refractivity contribution in [3.63, 3.8) is 0 Å². The number of carbonyl (C=O) groups excluding carboxylic acids is 1. The van der Waals surface area contributed by atoms with Gasteiger partial charge in [0.2, 0.25) is 0 Å². The number of aromatic nitrogens is 5. The molecule has 4 rings (SSSR count). The fourth-order valence-electron chi connectivity index (χ4n) is 3.02. The summed E-state index contributed by atoms with van der Waals surface area (Å²) in [6.07, 6.45) is 3.49. The van der Waals surface area contributed by atoms with Gasteiger partial charge in [-0.25, -0.2) is 13.9 Å². The van der Waals surface area contributed by atoms with Gasteiger partial charge in [0.15, 0.2) is 5.82 Å². The Bertz CT molecular complexity index is 961. The summed E-state index contributed by atoms with van der Waals surface area (Å²) in [4.78, 5) is 14.2. The molecule has 9 heteroatoms. The van der Waals surface area contributed by atoms with Crippen molar-refractivity contribution in [1.29, 1.82) is 0 Å². The third-order valence-corrected chi connectivity index (χ3v) is 4.54. The van der Waals surface area contributed by atoms with Crippen molar-refractivity contribution in [2.45, 2.75) is 39.5 Å². The highest BCUT2D eigenvalue weighted by molar-refractivity contribution is 5.88. The summed E-state index contributed by atoms with van der Waals surface area (Å²) in [5.41, 5.74) is 2.95. The first-order chi connectivity index (χ1) is 13.0. The monoisotopic (exact) mass is 369 g/mol. The lowest BCUT2D eigenvalue weighted by atomic mass is 10.2. The molecule has 8 nitrogen and oxygen atoms in total. The summed E-state index contributed by atoms with van der Waals surface area (Å²) < 4.78 is 16.6. The van der Waals surface area contributed by atoms with Gasteiger partial charge in [0.25, 0.3) is 0 Å². The lowest BCUT2D eigenvalue weighted by molar-refractivity contribution is 0.211. The number of nitrogens with one attached hydrogen (secondary N) is 1. The molecule has 2 amide bonds. The molecule has 1 aromatic carbocycles. The molecule has 1 aliphatic rings. The molecule has 3 heterocycles. The maximum atomic E-state index is 13.1. The highest BCUT2D eigenvalue weighted by atomic mass is 19.1. The van der Waals surface area contributed by atoms with E-state index >= 15 is 0 Å². The standard InChI is InChI=1S/C18H20FN7O/c1-12(2)25-11-17(22-23-25)21-18(27)24-9-14-7-20-26(16(14)10-24)8-13-3-5-15(19)6-4-13/h3-7,11-12H,8-10H2,1-2H3,(H,21,27). The van der Waals surface area contributed by atoms with Gasteiger partial charge in [0.1, 0.15) is 5.82 Å². The van der Waals surface area contributed by atoms with E-state index in [1.165, 1.54) is 12.1 Å². The molecule has 0 spiro atoms. The first kappa shape index (κ1) is 17.2. The van der Waals surface area contributed by atoms with Crippen LogP contribution in [0.15, 0.2) is 36.7 Å². The van der Waals surface area contributed by atoms with Crippen molar-refractivity contribution in [1.82, 2.24) is 29.7 Å².